The first-order valence-electron chi connectivity index (χ1n) is 8.38. The van der Waals surface area contributed by atoms with Gasteiger partial charge in [-0.3, -0.25) is 4.79 Å². The first kappa shape index (κ1) is 19.6. The van der Waals surface area contributed by atoms with E-state index < -0.39 is 0 Å². The van der Waals surface area contributed by atoms with Gasteiger partial charge in [0.1, 0.15) is 5.75 Å². The predicted molar refractivity (Wildman–Crippen MR) is 102 cm³/mol. The fourth-order valence-electron chi connectivity index (χ4n) is 2.70. The Bertz CT molecular complexity index is 761. The van der Waals surface area contributed by atoms with Crippen molar-refractivity contribution in [1.29, 1.82) is 0 Å². The fourth-order valence-corrected chi connectivity index (χ4v) is 2.70. The minimum Gasteiger partial charge on any atom is -0.496 e. The summed E-state index contributed by atoms with van der Waals surface area (Å²) in [6.07, 6.45) is 0. The standard InChI is InChI=1S/C20H26N2O4/c1-13(15-7-6-8-17(9-15)22-14(2)23)21-12-16-10-19(25-4)20(26-5)11-18(16)24-3/h6-11,13,21H,12H2,1-5H3,(H,22,23). The third-order valence-electron chi connectivity index (χ3n) is 4.09. The summed E-state index contributed by atoms with van der Waals surface area (Å²) < 4.78 is 16.2. The first-order valence-corrected chi connectivity index (χ1v) is 8.38. The van der Waals surface area contributed by atoms with Gasteiger partial charge in [0, 0.05) is 36.8 Å². The van der Waals surface area contributed by atoms with Crippen molar-refractivity contribution in [3.05, 3.63) is 47.5 Å². The molecule has 0 aliphatic carbocycles. The molecule has 26 heavy (non-hydrogen) atoms. The number of rotatable bonds is 8. The number of carbonyl (C=O) groups excluding carboxylic acids is 1. The minimum absolute atomic E-state index is 0.0847. The lowest BCUT2D eigenvalue weighted by Gasteiger charge is -2.18. The van der Waals surface area contributed by atoms with Crippen LogP contribution in [0.2, 0.25) is 0 Å². The molecule has 6 nitrogen and oxygen atoms in total. The summed E-state index contributed by atoms with van der Waals surface area (Å²) in [5.74, 6) is 1.93. The highest BCUT2D eigenvalue weighted by Gasteiger charge is 2.13. The van der Waals surface area contributed by atoms with Gasteiger partial charge in [-0.15, -0.1) is 0 Å². The van der Waals surface area contributed by atoms with Crippen LogP contribution in [0, 0.1) is 0 Å². The van der Waals surface area contributed by atoms with E-state index in [0.717, 1.165) is 22.6 Å². The molecule has 2 aromatic carbocycles. The SMILES string of the molecule is COc1cc(OC)c(OC)cc1CNC(C)c1cccc(NC(C)=O)c1. The molecule has 1 unspecified atom stereocenters. The zero-order valence-electron chi connectivity index (χ0n) is 15.9. The van der Waals surface area contributed by atoms with Crippen molar-refractivity contribution in [3.8, 4) is 17.2 Å². The number of anilines is 1. The third kappa shape index (κ3) is 4.89. The molecule has 0 aliphatic rings. The number of benzene rings is 2. The molecule has 140 valence electrons. The van der Waals surface area contributed by atoms with Crippen molar-refractivity contribution in [3.63, 3.8) is 0 Å². The summed E-state index contributed by atoms with van der Waals surface area (Å²) in [4.78, 5) is 11.2. The van der Waals surface area contributed by atoms with Gasteiger partial charge in [0.05, 0.1) is 21.3 Å². The second-order valence-electron chi connectivity index (χ2n) is 5.93. The van der Waals surface area contributed by atoms with Crippen molar-refractivity contribution in [1.82, 2.24) is 5.32 Å². The Labute approximate surface area is 154 Å². The molecule has 1 amide bonds. The molecule has 0 radical (unpaired) electrons. The molecule has 2 N–H and O–H groups in total. The number of nitrogens with one attached hydrogen (secondary N) is 2. The molecule has 0 aromatic heterocycles. The van der Waals surface area contributed by atoms with Crippen molar-refractivity contribution >= 4 is 11.6 Å². The number of hydrogen-bond donors (Lipinski definition) is 2. The van der Waals surface area contributed by atoms with E-state index in [1.165, 1.54) is 6.92 Å². The van der Waals surface area contributed by atoms with E-state index in [1.54, 1.807) is 21.3 Å². The molecule has 0 spiro atoms. The summed E-state index contributed by atoms with van der Waals surface area (Å²) in [7, 11) is 4.84. The summed E-state index contributed by atoms with van der Waals surface area (Å²) >= 11 is 0. The van der Waals surface area contributed by atoms with Gasteiger partial charge in [0.25, 0.3) is 0 Å². The third-order valence-corrected chi connectivity index (χ3v) is 4.09. The lowest BCUT2D eigenvalue weighted by Crippen LogP contribution is -2.19. The van der Waals surface area contributed by atoms with Crippen LogP contribution < -0.4 is 24.8 Å². The van der Waals surface area contributed by atoms with Crippen LogP contribution in [0.25, 0.3) is 0 Å². The van der Waals surface area contributed by atoms with E-state index in [2.05, 4.69) is 17.6 Å². The molecule has 6 heteroatoms. The van der Waals surface area contributed by atoms with Gasteiger partial charge in [-0.1, -0.05) is 12.1 Å². The van der Waals surface area contributed by atoms with Crippen molar-refractivity contribution in [2.24, 2.45) is 0 Å². The minimum atomic E-state index is -0.0853. The molecule has 2 rings (SSSR count). The zero-order chi connectivity index (χ0) is 19.1. The van der Waals surface area contributed by atoms with Crippen molar-refractivity contribution < 1.29 is 19.0 Å². The molecule has 0 bridgehead atoms. The Balaban J connectivity index is 2.14. The normalized spacial score (nSPS) is 11.6. The maximum atomic E-state index is 11.2. The molecule has 0 fully saturated rings. The molecule has 0 saturated heterocycles. The van der Waals surface area contributed by atoms with E-state index in [9.17, 15) is 4.79 Å². The Morgan fingerprint density at radius 1 is 1.00 bits per heavy atom. The number of amides is 1. The van der Waals surface area contributed by atoms with E-state index in [1.807, 2.05) is 36.4 Å². The highest BCUT2D eigenvalue weighted by molar-refractivity contribution is 5.88. The molecular formula is C20H26N2O4. The smallest absolute Gasteiger partial charge is 0.221 e. The van der Waals surface area contributed by atoms with Gasteiger partial charge < -0.3 is 24.8 Å². The van der Waals surface area contributed by atoms with Crippen LogP contribution in [0.1, 0.15) is 31.0 Å². The summed E-state index contributed by atoms with van der Waals surface area (Å²) in [5, 5.41) is 6.27. The topological polar surface area (TPSA) is 68.8 Å². The van der Waals surface area contributed by atoms with E-state index in [4.69, 9.17) is 14.2 Å². The lowest BCUT2D eigenvalue weighted by molar-refractivity contribution is -0.114. The fraction of sp³-hybridized carbons (Fsp3) is 0.350. The summed E-state index contributed by atoms with van der Waals surface area (Å²) in [5.41, 5.74) is 2.83. The average molecular weight is 358 g/mol. The number of carbonyl (C=O) groups is 1. The van der Waals surface area contributed by atoms with Gasteiger partial charge in [-0.2, -0.15) is 0 Å². The second kappa shape index (κ2) is 9.10. The van der Waals surface area contributed by atoms with E-state index >= 15 is 0 Å². The van der Waals surface area contributed by atoms with Crippen LogP contribution in [0.5, 0.6) is 17.2 Å². The molecule has 0 saturated carbocycles. The van der Waals surface area contributed by atoms with Gasteiger partial charge in [-0.25, -0.2) is 0 Å². The van der Waals surface area contributed by atoms with Crippen LogP contribution in [-0.4, -0.2) is 27.2 Å². The number of ether oxygens (including phenoxy) is 3. The second-order valence-corrected chi connectivity index (χ2v) is 5.93. The molecule has 0 aliphatic heterocycles. The Morgan fingerprint density at radius 2 is 1.65 bits per heavy atom. The molecule has 2 aromatic rings. The Morgan fingerprint density at radius 3 is 2.27 bits per heavy atom. The summed E-state index contributed by atoms with van der Waals surface area (Å²) in [6, 6.07) is 11.6. The van der Waals surface area contributed by atoms with Crippen molar-refractivity contribution in [2.45, 2.75) is 26.4 Å². The van der Waals surface area contributed by atoms with Gasteiger partial charge in [0.15, 0.2) is 11.5 Å². The average Bonchev–Trinajstić information content (AvgIpc) is 2.64. The van der Waals surface area contributed by atoms with Crippen LogP contribution in [0.3, 0.4) is 0 Å². The van der Waals surface area contributed by atoms with Crippen LogP contribution in [0.4, 0.5) is 5.69 Å². The van der Waals surface area contributed by atoms with Crippen LogP contribution in [0.15, 0.2) is 36.4 Å². The lowest BCUT2D eigenvalue weighted by atomic mass is 10.1. The predicted octanol–water partition coefficient (Wildman–Crippen LogP) is 3.52. The molecule has 0 heterocycles. The highest BCUT2D eigenvalue weighted by Crippen LogP contribution is 2.34. The number of hydrogen-bond acceptors (Lipinski definition) is 5. The first-order chi connectivity index (χ1) is 12.5. The zero-order valence-corrected chi connectivity index (χ0v) is 15.9. The quantitative estimate of drug-likeness (QED) is 0.756. The molecule has 1 atom stereocenters. The maximum Gasteiger partial charge on any atom is 0.221 e. The van der Waals surface area contributed by atoms with Gasteiger partial charge in [0.2, 0.25) is 5.91 Å². The van der Waals surface area contributed by atoms with E-state index in [0.29, 0.717) is 18.0 Å². The largest absolute Gasteiger partial charge is 0.496 e. The van der Waals surface area contributed by atoms with Crippen LogP contribution >= 0.6 is 0 Å². The van der Waals surface area contributed by atoms with Crippen molar-refractivity contribution in [2.75, 3.05) is 26.6 Å². The van der Waals surface area contributed by atoms with E-state index in [-0.39, 0.29) is 11.9 Å². The van der Waals surface area contributed by atoms with Gasteiger partial charge >= 0.3 is 0 Å². The Kier molecular flexibility index (Phi) is 6.86. The van der Waals surface area contributed by atoms with Gasteiger partial charge in [-0.05, 0) is 30.7 Å². The Hall–Kier alpha value is -2.73. The highest BCUT2D eigenvalue weighted by atomic mass is 16.5. The monoisotopic (exact) mass is 358 g/mol. The maximum absolute atomic E-state index is 11.2. The molecular weight excluding hydrogens is 332 g/mol. The number of methoxy groups -OCH3 is 3. The summed E-state index contributed by atoms with van der Waals surface area (Å²) in [6.45, 7) is 4.16. The van der Waals surface area contributed by atoms with Crippen LogP contribution in [-0.2, 0) is 11.3 Å².